The van der Waals surface area contributed by atoms with Crippen molar-refractivity contribution < 1.29 is 17.9 Å². The second kappa shape index (κ2) is 12.8. The van der Waals surface area contributed by atoms with Crippen molar-refractivity contribution in [2.45, 2.75) is 52.1 Å². The summed E-state index contributed by atoms with van der Waals surface area (Å²) in [6, 6.07) is 15.5. The van der Waals surface area contributed by atoms with Crippen LogP contribution in [-0.4, -0.2) is 51.7 Å². The van der Waals surface area contributed by atoms with Crippen molar-refractivity contribution in [3.05, 3.63) is 59.7 Å². The monoisotopic (exact) mass is 487 g/mol. The highest BCUT2D eigenvalue weighted by Crippen LogP contribution is 2.30. The topological polar surface area (TPSA) is 79.0 Å². The van der Waals surface area contributed by atoms with Crippen LogP contribution in [0, 0.1) is 0 Å². The minimum absolute atomic E-state index is 0.0936. The number of rotatable bonds is 12. The average Bonchev–Trinajstić information content (AvgIpc) is 2.82. The van der Waals surface area contributed by atoms with Gasteiger partial charge in [0, 0.05) is 26.1 Å². The van der Waals surface area contributed by atoms with Crippen LogP contribution in [0.15, 0.2) is 48.5 Å². The average molecular weight is 488 g/mol. The highest BCUT2D eigenvalue weighted by molar-refractivity contribution is 7.92. The van der Waals surface area contributed by atoms with Gasteiger partial charge < -0.3 is 10.1 Å². The van der Waals surface area contributed by atoms with Crippen molar-refractivity contribution >= 4 is 21.6 Å². The van der Waals surface area contributed by atoms with E-state index in [-0.39, 0.29) is 18.9 Å². The lowest BCUT2D eigenvalue weighted by atomic mass is 10.1. The normalized spacial score (nSPS) is 14.5. The summed E-state index contributed by atoms with van der Waals surface area (Å²) in [6.45, 7) is 6.30. The molecule has 1 amide bonds. The van der Waals surface area contributed by atoms with Gasteiger partial charge in [0.05, 0.1) is 18.6 Å². The summed E-state index contributed by atoms with van der Waals surface area (Å²) >= 11 is 0. The molecule has 8 heteroatoms. The van der Waals surface area contributed by atoms with Crippen LogP contribution in [0.4, 0.5) is 5.69 Å². The summed E-state index contributed by atoms with van der Waals surface area (Å²) < 4.78 is 31.7. The number of carbonyl (C=O) groups excluding carboxylic acids is 1. The Hall–Kier alpha value is -2.58. The van der Waals surface area contributed by atoms with E-state index in [2.05, 4.69) is 34.5 Å². The number of carbonyl (C=O) groups is 1. The summed E-state index contributed by atoms with van der Waals surface area (Å²) in [7, 11) is -3.51. The van der Waals surface area contributed by atoms with Crippen LogP contribution in [0.1, 0.15) is 50.2 Å². The zero-order valence-electron chi connectivity index (χ0n) is 20.3. The Balaban J connectivity index is 1.46. The van der Waals surface area contributed by atoms with Crippen LogP contribution in [0.5, 0.6) is 5.75 Å². The molecule has 0 bridgehead atoms. The second-order valence-corrected chi connectivity index (χ2v) is 10.7. The van der Waals surface area contributed by atoms with Crippen molar-refractivity contribution in [2.75, 3.05) is 36.8 Å². The van der Waals surface area contributed by atoms with Crippen LogP contribution < -0.4 is 14.4 Å². The number of piperidine rings is 1. The third-order valence-electron chi connectivity index (χ3n) is 5.97. The van der Waals surface area contributed by atoms with E-state index in [1.54, 1.807) is 18.2 Å². The van der Waals surface area contributed by atoms with Crippen molar-refractivity contribution in [2.24, 2.45) is 0 Å². The van der Waals surface area contributed by atoms with Crippen LogP contribution in [-0.2, 0) is 27.9 Å². The van der Waals surface area contributed by atoms with Gasteiger partial charge in [0.15, 0.2) is 0 Å². The molecule has 2 aromatic rings. The van der Waals surface area contributed by atoms with Gasteiger partial charge in [-0.1, -0.05) is 42.8 Å². The molecule has 0 aromatic heterocycles. The van der Waals surface area contributed by atoms with Gasteiger partial charge in [0.1, 0.15) is 5.75 Å². The molecule has 1 fully saturated rings. The van der Waals surface area contributed by atoms with Gasteiger partial charge in [-0.3, -0.25) is 14.0 Å². The maximum Gasteiger partial charge on any atom is 0.232 e. The lowest BCUT2D eigenvalue weighted by Gasteiger charge is -2.26. The summed E-state index contributed by atoms with van der Waals surface area (Å²) in [6.07, 6.45) is 5.73. The van der Waals surface area contributed by atoms with Gasteiger partial charge in [-0.15, -0.1) is 0 Å². The summed E-state index contributed by atoms with van der Waals surface area (Å²) in [5, 5.41) is 2.94. The predicted molar refractivity (Wildman–Crippen MR) is 136 cm³/mol. The lowest BCUT2D eigenvalue weighted by Crippen LogP contribution is -2.32. The fraction of sp³-hybridized carbons (Fsp3) is 0.500. The highest BCUT2D eigenvalue weighted by Gasteiger charge is 2.21. The van der Waals surface area contributed by atoms with Crippen molar-refractivity contribution in [1.29, 1.82) is 0 Å². The van der Waals surface area contributed by atoms with E-state index >= 15 is 0 Å². The smallest absolute Gasteiger partial charge is 0.232 e. The van der Waals surface area contributed by atoms with E-state index in [0.717, 1.165) is 12.1 Å². The Morgan fingerprint density at radius 2 is 1.71 bits per heavy atom. The first kappa shape index (κ1) is 26.0. The molecule has 0 aliphatic carbocycles. The van der Waals surface area contributed by atoms with Crippen LogP contribution >= 0.6 is 0 Å². The van der Waals surface area contributed by atoms with E-state index in [1.807, 2.05) is 13.0 Å². The number of nitrogens with zero attached hydrogens (tertiary/aromatic N) is 2. The lowest BCUT2D eigenvalue weighted by molar-refractivity contribution is -0.121. The molecule has 186 valence electrons. The predicted octanol–water partition coefficient (Wildman–Crippen LogP) is 3.93. The number of benzene rings is 2. The van der Waals surface area contributed by atoms with Gasteiger partial charge in [-0.25, -0.2) is 8.42 Å². The number of sulfonamides is 1. The maximum atomic E-state index is 12.4. The van der Waals surface area contributed by atoms with E-state index < -0.39 is 10.0 Å². The molecule has 1 N–H and O–H groups in total. The minimum atomic E-state index is -3.51. The van der Waals surface area contributed by atoms with Gasteiger partial charge in [-0.2, -0.15) is 0 Å². The number of para-hydroxylation sites is 2. The molecule has 3 rings (SSSR count). The van der Waals surface area contributed by atoms with E-state index in [9.17, 15) is 13.2 Å². The SMILES string of the molecule is CCOc1ccccc1N(CCCC(=O)NCc1ccc(CN2CCCCC2)cc1)S(C)(=O)=O. The molecule has 1 aliphatic heterocycles. The van der Waals surface area contributed by atoms with E-state index in [1.165, 1.54) is 48.5 Å². The zero-order chi connectivity index (χ0) is 24.4. The Morgan fingerprint density at radius 1 is 1.03 bits per heavy atom. The highest BCUT2D eigenvalue weighted by atomic mass is 32.2. The Morgan fingerprint density at radius 3 is 2.38 bits per heavy atom. The first-order valence-corrected chi connectivity index (χ1v) is 14.0. The van der Waals surface area contributed by atoms with E-state index in [4.69, 9.17) is 4.74 Å². The quantitative estimate of drug-likeness (QED) is 0.491. The number of amides is 1. The van der Waals surface area contributed by atoms with Crippen LogP contribution in [0.3, 0.4) is 0 Å². The fourth-order valence-electron chi connectivity index (χ4n) is 4.22. The Labute approximate surface area is 204 Å². The maximum absolute atomic E-state index is 12.4. The summed E-state index contributed by atoms with van der Waals surface area (Å²) in [4.78, 5) is 14.9. The zero-order valence-corrected chi connectivity index (χ0v) is 21.1. The van der Waals surface area contributed by atoms with Gasteiger partial charge >= 0.3 is 0 Å². The molecule has 0 radical (unpaired) electrons. The molecular weight excluding hydrogens is 450 g/mol. The summed E-state index contributed by atoms with van der Waals surface area (Å²) in [5.41, 5.74) is 2.85. The third kappa shape index (κ3) is 8.02. The van der Waals surface area contributed by atoms with Crippen LogP contribution in [0.25, 0.3) is 0 Å². The van der Waals surface area contributed by atoms with E-state index in [0.29, 0.717) is 31.0 Å². The Kier molecular flexibility index (Phi) is 9.77. The summed E-state index contributed by atoms with van der Waals surface area (Å²) in [5.74, 6) is 0.424. The number of hydrogen-bond donors (Lipinski definition) is 1. The molecule has 0 spiro atoms. The first-order valence-electron chi connectivity index (χ1n) is 12.1. The van der Waals surface area contributed by atoms with Gasteiger partial charge in [0.25, 0.3) is 0 Å². The number of hydrogen-bond acceptors (Lipinski definition) is 5. The molecule has 1 aliphatic rings. The molecule has 2 aromatic carbocycles. The van der Waals surface area contributed by atoms with Crippen molar-refractivity contribution in [1.82, 2.24) is 10.2 Å². The largest absolute Gasteiger partial charge is 0.492 e. The molecule has 1 saturated heterocycles. The molecule has 0 atom stereocenters. The number of likely N-dealkylation sites (tertiary alicyclic amines) is 1. The molecule has 0 unspecified atom stereocenters. The number of anilines is 1. The number of ether oxygens (including phenoxy) is 1. The second-order valence-electron chi connectivity index (χ2n) is 8.77. The third-order valence-corrected chi connectivity index (χ3v) is 7.15. The number of nitrogens with one attached hydrogen (secondary N) is 1. The fourth-order valence-corrected chi connectivity index (χ4v) is 5.19. The Bertz CT molecular complexity index is 1020. The van der Waals surface area contributed by atoms with Crippen molar-refractivity contribution in [3.8, 4) is 5.75 Å². The molecular formula is C26H37N3O4S. The molecule has 1 heterocycles. The van der Waals surface area contributed by atoms with Crippen molar-refractivity contribution in [3.63, 3.8) is 0 Å². The first-order chi connectivity index (χ1) is 16.4. The van der Waals surface area contributed by atoms with Gasteiger partial charge in [0.2, 0.25) is 15.9 Å². The standard InChI is InChI=1S/C26H37N3O4S/c1-3-33-25-11-6-5-10-24(25)29(34(2,31)32)19-9-12-26(30)27-20-22-13-15-23(16-14-22)21-28-17-7-4-8-18-28/h5-6,10-11,13-16H,3-4,7-9,12,17-21H2,1-2H3,(H,27,30). The van der Waals surface area contributed by atoms with Gasteiger partial charge in [-0.05, 0) is 62.5 Å². The molecule has 0 saturated carbocycles. The van der Waals surface area contributed by atoms with Crippen LogP contribution in [0.2, 0.25) is 0 Å². The molecule has 7 nitrogen and oxygen atoms in total. The molecule has 34 heavy (non-hydrogen) atoms. The minimum Gasteiger partial charge on any atom is -0.492 e.